The number of amides is 1. The van der Waals surface area contributed by atoms with E-state index >= 15 is 0 Å². The highest BCUT2D eigenvalue weighted by Gasteiger charge is 2.50. The predicted molar refractivity (Wildman–Crippen MR) is 86.6 cm³/mol. The molecule has 0 saturated carbocycles. The van der Waals surface area contributed by atoms with Gasteiger partial charge in [0.05, 0.1) is 12.0 Å². The average Bonchev–Trinajstić information content (AvgIpc) is 2.47. The van der Waals surface area contributed by atoms with E-state index in [4.69, 9.17) is 4.74 Å². The van der Waals surface area contributed by atoms with E-state index in [0.717, 1.165) is 44.6 Å². The second-order valence-corrected chi connectivity index (χ2v) is 7.02. The van der Waals surface area contributed by atoms with Crippen molar-refractivity contribution in [2.45, 2.75) is 24.8 Å². The molecule has 0 radical (unpaired) electrons. The zero-order chi connectivity index (χ0) is 16.4. The Kier molecular flexibility index (Phi) is 4.69. The predicted octanol–water partition coefficient (Wildman–Crippen LogP) is 1.94. The number of hydrogen-bond acceptors (Lipinski definition) is 3. The summed E-state index contributed by atoms with van der Waals surface area (Å²) >= 11 is 0. The van der Waals surface area contributed by atoms with E-state index in [1.807, 2.05) is 4.90 Å². The minimum atomic E-state index is -0.287. The van der Waals surface area contributed by atoms with E-state index in [0.29, 0.717) is 5.92 Å². The van der Waals surface area contributed by atoms with E-state index in [1.54, 1.807) is 19.2 Å². The minimum absolute atomic E-state index is 0.0866. The summed E-state index contributed by atoms with van der Waals surface area (Å²) in [5.41, 5.74) is 0.851. The summed E-state index contributed by atoms with van der Waals surface area (Å²) in [5, 5.41) is 0. The maximum atomic E-state index is 13.2. The summed E-state index contributed by atoms with van der Waals surface area (Å²) in [5.74, 6) is 0.380. The van der Waals surface area contributed by atoms with Crippen molar-refractivity contribution in [3.05, 3.63) is 35.6 Å². The number of nitrogens with zero attached hydrogens (tertiary/aromatic N) is 2. The second kappa shape index (κ2) is 6.57. The molecule has 2 aliphatic heterocycles. The largest absolute Gasteiger partial charge is 0.384 e. The van der Waals surface area contributed by atoms with Crippen LogP contribution in [0.2, 0.25) is 0 Å². The van der Waals surface area contributed by atoms with Gasteiger partial charge in [-0.25, -0.2) is 4.39 Å². The van der Waals surface area contributed by atoms with Crippen molar-refractivity contribution in [2.24, 2.45) is 5.92 Å². The molecule has 1 aromatic rings. The van der Waals surface area contributed by atoms with Gasteiger partial charge in [-0.05, 0) is 50.0 Å². The van der Waals surface area contributed by atoms with Crippen molar-refractivity contribution in [3.8, 4) is 0 Å². The van der Waals surface area contributed by atoms with Crippen molar-refractivity contribution in [1.82, 2.24) is 9.80 Å². The highest BCUT2D eigenvalue weighted by atomic mass is 19.1. The van der Waals surface area contributed by atoms with Crippen LogP contribution in [0.15, 0.2) is 24.3 Å². The number of benzene rings is 1. The summed E-state index contributed by atoms with van der Waals surface area (Å²) in [6, 6.07) is 6.30. The number of likely N-dealkylation sites (tertiary alicyclic amines) is 2. The van der Waals surface area contributed by atoms with Crippen LogP contribution in [0, 0.1) is 11.7 Å². The lowest BCUT2D eigenvalue weighted by Gasteiger charge is -2.58. The standard InChI is InChI=1S/C18H25FN2O2/c1-20-7-6-15(11-23-2)10-18(20)12-21(13-18)17(22)9-14-4-3-5-16(19)8-14/h3-5,8,15H,6-7,9-13H2,1-2H3/t15-/m0/s1. The molecule has 5 heteroatoms. The Bertz CT molecular complexity index is 572. The Morgan fingerprint density at radius 3 is 2.91 bits per heavy atom. The van der Waals surface area contributed by atoms with Gasteiger partial charge in [0, 0.05) is 26.8 Å². The van der Waals surface area contributed by atoms with Gasteiger partial charge in [0.15, 0.2) is 0 Å². The fraction of sp³-hybridized carbons (Fsp3) is 0.611. The molecule has 1 aromatic carbocycles. The Labute approximate surface area is 137 Å². The number of rotatable bonds is 4. The molecule has 2 heterocycles. The summed E-state index contributed by atoms with van der Waals surface area (Å²) < 4.78 is 18.5. The number of methoxy groups -OCH3 is 1. The molecule has 0 aromatic heterocycles. The first-order valence-corrected chi connectivity index (χ1v) is 8.25. The van der Waals surface area contributed by atoms with Gasteiger partial charge in [0.2, 0.25) is 5.91 Å². The molecule has 23 heavy (non-hydrogen) atoms. The number of halogens is 1. The summed E-state index contributed by atoms with van der Waals surface area (Å²) in [7, 11) is 3.90. The number of carbonyl (C=O) groups is 1. The van der Waals surface area contributed by atoms with E-state index in [-0.39, 0.29) is 23.7 Å². The van der Waals surface area contributed by atoms with Gasteiger partial charge in [-0.2, -0.15) is 0 Å². The number of piperidine rings is 1. The highest BCUT2D eigenvalue weighted by molar-refractivity contribution is 5.80. The monoisotopic (exact) mass is 320 g/mol. The Balaban J connectivity index is 1.57. The Morgan fingerprint density at radius 2 is 2.22 bits per heavy atom. The molecular weight excluding hydrogens is 295 g/mol. The van der Waals surface area contributed by atoms with Gasteiger partial charge in [-0.3, -0.25) is 9.69 Å². The van der Waals surface area contributed by atoms with Crippen LogP contribution in [-0.4, -0.2) is 61.6 Å². The molecule has 1 atom stereocenters. The molecule has 2 saturated heterocycles. The highest BCUT2D eigenvalue weighted by Crippen LogP contribution is 2.38. The Hall–Kier alpha value is -1.46. The van der Waals surface area contributed by atoms with Crippen LogP contribution in [0.5, 0.6) is 0 Å². The lowest BCUT2D eigenvalue weighted by Crippen LogP contribution is -2.72. The normalized spacial score (nSPS) is 23.8. The molecule has 0 aliphatic carbocycles. The van der Waals surface area contributed by atoms with E-state index < -0.39 is 0 Å². The lowest BCUT2D eigenvalue weighted by atomic mass is 9.75. The van der Waals surface area contributed by atoms with Gasteiger partial charge in [-0.1, -0.05) is 12.1 Å². The van der Waals surface area contributed by atoms with Crippen molar-refractivity contribution < 1.29 is 13.9 Å². The number of hydrogen-bond donors (Lipinski definition) is 0. The van der Waals surface area contributed by atoms with Gasteiger partial charge < -0.3 is 9.64 Å². The molecule has 0 unspecified atom stereocenters. The van der Waals surface area contributed by atoms with Crippen molar-refractivity contribution in [3.63, 3.8) is 0 Å². The van der Waals surface area contributed by atoms with E-state index in [9.17, 15) is 9.18 Å². The molecule has 2 fully saturated rings. The molecule has 0 N–H and O–H groups in total. The third-order valence-electron chi connectivity index (χ3n) is 5.32. The first-order valence-electron chi connectivity index (χ1n) is 8.25. The first-order chi connectivity index (χ1) is 11.0. The molecule has 2 aliphatic rings. The van der Waals surface area contributed by atoms with Crippen LogP contribution in [0.25, 0.3) is 0 Å². The van der Waals surface area contributed by atoms with Gasteiger partial charge >= 0.3 is 0 Å². The number of ether oxygens (including phenoxy) is 1. The Morgan fingerprint density at radius 1 is 1.43 bits per heavy atom. The topological polar surface area (TPSA) is 32.8 Å². The maximum absolute atomic E-state index is 13.2. The fourth-order valence-corrected chi connectivity index (χ4v) is 3.93. The van der Waals surface area contributed by atoms with Crippen LogP contribution in [0.3, 0.4) is 0 Å². The summed E-state index contributed by atoms with van der Waals surface area (Å²) in [6.07, 6.45) is 2.52. The maximum Gasteiger partial charge on any atom is 0.227 e. The van der Waals surface area contributed by atoms with Crippen LogP contribution in [0.4, 0.5) is 4.39 Å². The number of likely N-dealkylation sites (N-methyl/N-ethyl adjacent to an activating group) is 1. The van der Waals surface area contributed by atoms with Crippen molar-refractivity contribution in [2.75, 3.05) is 40.4 Å². The van der Waals surface area contributed by atoms with Gasteiger partial charge in [0.1, 0.15) is 5.82 Å². The molecule has 0 bridgehead atoms. The molecular formula is C18H25FN2O2. The number of carbonyl (C=O) groups excluding carboxylic acids is 1. The average molecular weight is 320 g/mol. The first kappa shape index (κ1) is 16.4. The molecule has 4 nitrogen and oxygen atoms in total. The third-order valence-corrected chi connectivity index (χ3v) is 5.32. The lowest BCUT2D eigenvalue weighted by molar-refractivity contribution is -0.150. The third kappa shape index (κ3) is 3.40. The fourth-order valence-electron chi connectivity index (χ4n) is 3.93. The zero-order valence-electron chi connectivity index (χ0n) is 13.9. The quantitative estimate of drug-likeness (QED) is 0.850. The summed E-state index contributed by atoms with van der Waals surface area (Å²) in [6.45, 7) is 3.41. The second-order valence-electron chi connectivity index (χ2n) is 7.02. The molecule has 3 rings (SSSR count). The van der Waals surface area contributed by atoms with Crippen molar-refractivity contribution in [1.29, 1.82) is 0 Å². The summed E-state index contributed by atoms with van der Waals surface area (Å²) in [4.78, 5) is 16.7. The van der Waals surface area contributed by atoms with Crippen LogP contribution >= 0.6 is 0 Å². The van der Waals surface area contributed by atoms with Gasteiger partial charge in [0.25, 0.3) is 0 Å². The molecule has 126 valence electrons. The van der Waals surface area contributed by atoms with Crippen LogP contribution in [-0.2, 0) is 16.0 Å². The van der Waals surface area contributed by atoms with Crippen LogP contribution < -0.4 is 0 Å². The van der Waals surface area contributed by atoms with E-state index in [2.05, 4.69) is 11.9 Å². The minimum Gasteiger partial charge on any atom is -0.384 e. The zero-order valence-corrected chi connectivity index (χ0v) is 13.9. The molecule has 1 spiro atoms. The van der Waals surface area contributed by atoms with Crippen molar-refractivity contribution >= 4 is 5.91 Å². The smallest absolute Gasteiger partial charge is 0.227 e. The SMILES string of the molecule is COC[C@H]1CCN(C)C2(C1)CN(C(=O)Cc1cccc(F)c1)C2. The van der Waals surface area contributed by atoms with Crippen LogP contribution in [0.1, 0.15) is 18.4 Å². The van der Waals surface area contributed by atoms with E-state index in [1.165, 1.54) is 12.1 Å². The molecule has 1 amide bonds. The van der Waals surface area contributed by atoms with Gasteiger partial charge in [-0.15, -0.1) is 0 Å².